The molecule has 0 bridgehead atoms. The molecule has 0 radical (unpaired) electrons. The van der Waals surface area contributed by atoms with Crippen LogP contribution in [0, 0.1) is 5.92 Å². The fraction of sp³-hybridized carbons (Fsp3) is 0.692. The van der Waals surface area contributed by atoms with E-state index in [1.54, 1.807) is 6.92 Å². The van der Waals surface area contributed by atoms with Gasteiger partial charge in [0.15, 0.2) is 0 Å². The van der Waals surface area contributed by atoms with Crippen molar-refractivity contribution in [2.24, 2.45) is 5.92 Å². The van der Waals surface area contributed by atoms with Crippen LogP contribution in [-0.4, -0.2) is 35.6 Å². The number of carbonyl (C=O) groups excluding carboxylic acids is 1. The fourth-order valence-corrected chi connectivity index (χ4v) is 2.97. The van der Waals surface area contributed by atoms with Crippen LogP contribution in [0.2, 0.25) is 0 Å². The van der Waals surface area contributed by atoms with E-state index in [4.69, 9.17) is 0 Å². The lowest BCUT2D eigenvalue weighted by molar-refractivity contribution is -0.147. The van der Waals surface area contributed by atoms with Gasteiger partial charge in [0, 0.05) is 12.6 Å². The largest absolute Gasteiger partial charge is 0.479 e. The zero-order valence-electron chi connectivity index (χ0n) is 10.6. The zero-order chi connectivity index (χ0) is 13.2. The summed E-state index contributed by atoms with van der Waals surface area (Å²) in [5.41, 5.74) is 0.168. The highest BCUT2D eigenvalue weighted by atomic mass is 16.4. The first-order valence-corrected chi connectivity index (χ1v) is 6.45. The third kappa shape index (κ3) is 2.27. The highest BCUT2D eigenvalue weighted by Gasteiger charge is 2.44. The summed E-state index contributed by atoms with van der Waals surface area (Å²) in [6.45, 7) is 2.30. The minimum absolute atomic E-state index is 0.222. The number of aliphatic carboxylic acids is 1. The van der Waals surface area contributed by atoms with E-state index in [2.05, 4.69) is 16.7 Å². The van der Waals surface area contributed by atoms with E-state index in [1.807, 2.05) is 0 Å². The Morgan fingerprint density at radius 3 is 3.11 bits per heavy atom. The summed E-state index contributed by atoms with van der Waals surface area (Å²) in [7, 11) is 0. The Labute approximate surface area is 107 Å². The predicted octanol–water partition coefficient (Wildman–Crippen LogP) is 0.664. The van der Waals surface area contributed by atoms with Crippen molar-refractivity contribution in [3.63, 3.8) is 0 Å². The van der Waals surface area contributed by atoms with Gasteiger partial charge in [-0.1, -0.05) is 11.6 Å². The minimum atomic E-state index is -1.23. The number of carboxylic acid groups (broad SMARTS) is 1. The molecule has 5 nitrogen and oxygen atoms in total. The monoisotopic (exact) mass is 252 g/mol. The molecule has 1 fully saturated rings. The van der Waals surface area contributed by atoms with Crippen molar-refractivity contribution >= 4 is 12.4 Å². The van der Waals surface area contributed by atoms with Crippen LogP contribution in [0.5, 0.6) is 0 Å². The highest BCUT2D eigenvalue weighted by molar-refractivity contribution is 5.82. The van der Waals surface area contributed by atoms with E-state index in [-0.39, 0.29) is 6.04 Å². The minimum Gasteiger partial charge on any atom is -0.479 e. The number of hydrogen-bond donors (Lipinski definition) is 3. The normalized spacial score (nSPS) is 30.6. The molecule has 1 aliphatic carbocycles. The van der Waals surface area contributed by atoms with E-state index in [1.165, 1.54) is 12.0 Å². The quantitative estimate of drug-likeness (QED) is 0.507. The predicted molar refractivity (Wildman–Crippen MR) is 67.1 cm³/mol. The molecule has 1 aliphatic heterocycles. The first kappa shape index (κ1) is 13.1. The van der Waals surface area contributed by atoms with E-state index in [0.717, 1.165) is 25.8 Å². The number of carbonyl (C=O) groups is 2. The molecular formula is C13H20N2O3. The van der Waals surface area contributed by atoms with Crippen molar-refractivity contribution in [2.75, 3.05) is 6.54 Å². The molecule has 2 rings (SSSR count). The Kier molecular flexibility index (Phi) is 3.71. The summed E-state index contributed by atoms with van der Waals surface area (Å²) in [6.07, 6.45) is 6.94. The topological polar surface area (TPSA) is 78.4 Å². The maximum Gasteiger partial charge on any atom is 0.330 e. The van der Waals surface area contributed by atoms with Gasteiger partial charge in [-0.05, 0) is 38.5 Å². The lowest BCUT2D eigenvalue weighted by atomic mass is 9.75. The molecular weight excluding hydrogens is 232 g/mol. The van der Waals surface area contributed by atoms with Crippen LogP contribution in [0.4, 0.5) is 0 Å². The van der Waals surface area contributed by atoms with Gasteiger partial charge in [-0.3, -0.25) is 4.79 Å². The Bertz CT molecular complexity index is 380. The number of piperidine rings is 1. The average molecular weight is 252 g/mol. The summed E-state index contributed by atoms with van der Waals surface area (Å²) in [5.74, 6) is -0.521. The zero-order valence-corrected chi connectivity index (χ0v) is 10.6. The average Bonchev–Trinajstić information content (AvgIpc) is 2.38. The molecule has 3 N–H and O–H groups in total. The highest BCUT2D eigenvalue weighted by Crippen LogP contribution is 2.34. The second kappa shape index (κ2) is 5.10. The van der Waals surface area contributed by atoms with Gasteiger partial charge in [0.25, 0.3) is 0 Å². The van der Waals surface area contributed by atoms with Gasteiger partial charge in [0.2, 0.25) is 6.41 Å². The molecule has 18 heavy (non-hydrogen) atoms. The van der Waals surface area contributed by atoms with Crippen molar-refractivity contribution in [1.29, 1.82) is 0 Å². The van der Waals surface area contributed by atoms with Gasteiger partial charge in [-0.2, -0.15) is 0 Å². The number of allylic oxidation sites excluding steroid dienone is 1. The lowest BCUT2D eigenvalue weighted by Crippen LogP contribution is -2.64. The number of amides is 1. The number of fused-ring (bicyclic) bond motifs is 1. The van der Waals surface area contributed by atoms with E-state index in [0.29, 0.717) is 12.3 Å². The number of carboxylic acids is 1. The number of hydrogen-bond acceptors (Lipinski definition) is 3. The second-order valence-corrected chi connectivity index (χ2v) is 5.35. The molecule has 0 aromatic carbocycles. The van der Waals surface area contributed by atoms with Crippen LogP contribution in [0.15, 0.2) is 11.6 Å². The van der Waals surface area contributed by atoms with Crippen LogP contribution in [0.25, 0.3) is 0 Å². The molecule has 100 valence electrons. The summed E-state index contributed by atoms with van der Waals surface area (Å²) in [4.78, 5) is 22.0. The fourth-order valence-electron chi connectivity index (χ4n) is 2.97. The Balaban J connectivity index is 2.14. The van der Waals surface area contributed by atoms with Crippen molar-refractivity contribution < 1.29 is 14.7 Å². The Morgan fingerprint density at radius 1 is 1.67 bits per heavy atom. The van der Waals surface area contributed by atoms with Gasteiger partial charge in [0.05, 0.1) is 0 Å². The molecule has 0 aromatic rings. The third-order valence-electron chi connectivity index (χ3n) is 4.26. The summed E-state index contributed by atoms with van der Waals surface area (Å²) in [6, 6.07) is -0.222. The summed E-state index contributed by atoms with van der Waals surface area (Å²) >= 11 is 0. The maximum absolute atomic E-state index is 11.4. The molecule has 5 heteroatoms. The molecule has 0 saturated carbocycles. The molecule has 2 aliphatic rings. The van der Waals surface area contributed by atoms with Crippen LogP contribution >= 0.6 is 0 Å². The molecule has 0 aromatic heterocycles. The van der Waals surface area contributed by atoms with Crippen LogP contribution in [0.3, 0.4) is 0 Å². The van der Waals surface area contributed by atoms with Crippen LogP contribution < -0.4 is 10.6 Å². The summed E-state index contributed by atoms with van der Waals surface area (Å²) in [5, 5.41) is 15.1. The van der Waals surface area contributed by atoms with Gasteiger partial charge in [-0.15, -0.1) is 0 Å². The second-order valence-electron chi connectivity index (χ2n) is 5.35. The van der Waals surface area contributed by atoms with E-state index < -0.39 is 11.5 Å². The van der Waals surface area contributed by atoms with Crippen molar-refractivity contribution in [3.05, 3.63) is 11.6 Å². The molecule has 1 saturated heterocycles. The number of rotatable bonds is 4. The first-order valence-electron chi connectivity index (χ1n) is 6.45. The molecule has 0 spiro atoms. The van der Waals surface area contributed by atoms with Crippen molar-refractivity contribution in [1.82, 2.24) is 10.6 Å². The van der Waals surface area contributed by atoms with Crippen molar-refractivity contribution in [3.8, 4) is 0 Å². The van der Waals surface area contributed by atoms with Gasteiger partial charge in [-0.25, -0.2) is 4.79 Å². The standard InChI is InChI=1S/C13H20N2O3/c1-13(12(17)18,15-8-16)11-6-9-4-2-3-5-10(9)7-14-11/h5,8-9,11,14H,2-4,6-7H2,1H3,(H,15,16)(H,17,18). The summed E-state index contributed by atoms with van der Waals surface area (Å²) < 4.78 is 0. The van der Waals surface area contributed by atoms with E-state index >= 15 is 0 Å². The van der Waals surface area contributed by atoms with E-state index in [9.17, 15) is 14.7 Å². The van der Waals surface area contributed by atoms with Gasteiger partial charge >= 0.3 is 5.97 Å². The molecule has 1 amide bonds. The first-order chi connectivity index (χ1) is 8.58. The SMILES string of the molecule is CC(NC=O)(C(=O)O)C1CC2CCCC=C2CN1. The smallest absolute Gasteiger partial charge is 0.330 e. The number of nitrogens with one attached hydrogen (secondary N) is 2. The Hall–Kier alpha value is -1.36. The van der Waals surface area contributed by atoms with Crippen molar-refractivity contribution in [2.45, 2.75) is 44.2 Å². The Morgan fingerprint density at radius 2 is 2.44 bits per heavy atom. The lowest BCUT2D eigenvalue weighted by Gasteiger charge is -2.42. The maximum atomic E-state index is 11.4. The third-order valence-corrected chi connectivity index (χ3v) is 4.26. The molecule has 3 unspecified atom stereocenters. The molecule has 3 atom stereocenters. The van der Waals surface area contributed by atoms with Crippen LogP contribution in [-0.2, 0) is 9.59 Å². The van der Waals surface area contributed by atoms with Gasteiger partial charge in [0.1, 0.15) is 5.54 Å². The molecule has 1 heterocycles. The van der Waals surface area contributed by atoms with Crippen LogP contribution in [0.1, 0.15) is 32.6 Å². The van der Waals surface area contributed by atoms with Gasteiger partial charge < -0.3 is 15.7 Å².